The normalized spacial score (nSPS) is 16.9. The molecule has 0 aromatic carbocycles. The minimum Gasteiger partial charge on any atom is -0.394 e. The van der Waals surface area contributed by atoms with Crippen molar-refractivity contribution in [1.82, 2.24) is 9.47 Å². The molecule has 1 fully saturated rings. The van der Waals surface area contributed by atoms with Crippen LogP contribution in [-0.2, 0) is 0 Å². The van der Waals surface area contributed by atoms with Crippen LogP contribution in [0.2, 0.25) is 0 Å². The summed E-state index contributed by atoms with van der Waals surface area (Å²) < 4.78 is 2.96. The largest absolute Gasteiger partial charge is 0.394 e. The molecule has 2 rings (SSSR count). The van der Waals surface area contributed by atoms with Gasteiger partial charge in [-0.25, -0.2) is 0 Å². The summed E-state index contributed by atoms with van der Waals surface area (Å²) in [7, 11) is 1.72. The van der Waals surface area contributed by atoms with Crippen molar-refractivity contribution in [3.63, 3.8) is 0 Å². The van der Waals surface area contributed by atoms with Crippen molar-refractivity contribution < 1.29 is 9.90 Å². The number of aliphatic hydroxyl groups excluding tert-OH is 1. The summed E-state index contributed by atoms with van der Waals surface area (Å²) in [5.41, 5.74) is 0.696. The van der Waals surface area contributed by atoms with Crippen LogP contribution in [-0.4, -0.2) is 40.2 Å². The molecule has 1 atom stereocenters. The summed E-state index contributed by atoms with van der Waals surface area (Å²) >= 11 is 3.41. The maximum Gasteiger partial charge on any atom is 0.270 e. The molecule has 17 heavy (non-hydrogen) atoms. The Morgan fingerprint density at radius 2 is 2.35 bits per heavy atom. The zero-order chi connectivity index (χ0) is 12.6. The fourth-order valence-electron chi connectivity index (χ4n) is 1.78. The Morgan fingerprint density at radius 3 is 2.88 bits per heavy atom. The standard InChI is InChI=1S/C12H17BrN2O2/c1-8(7-16)14(2)12(17)11-5-9(13)6-15(11)10-3-4-10/h5-6,8,10,16H,3-4,7H2,1-2H3. The average Bonchev–Trinajstić information content (AvgIpc) is 3.09. The molecular weight excluding hydrogens is 284 g/mol. The van der Waals surface area contributed by atoms with Crippen LogP contribution in [0.4, 0.5) is 0 Å². The molecule has 0 radical (unpaired) electrons. The predicted molar refractivity (Wildman–Crippen MR) is 69.0 cm³/mol. The SMILES string of the molecule is CC(CO)N(C)C(=O)c1cc(Br)cn1C1CC1. The van der Waals surface area contributed by atoms with Gasteiger partial charge in [0.05, 0.1) is 12.6 Å². The van der Waals surface area contributed by atoms with E-state index in [1.54, 1.807) is 11.9 Å². The summed E-state index contributed by atoms with van der Waals surface area (Å²) in [5, 5.41) is 9.09. The number of amides is 1. The molecule has 0 aliphatic heterocycles. The first-order chi connectivity index (χ1) is 8.04. The Bertz CT molecular complexity index is 426. The van der Waals surface area contributed by atoms with Gasteiger partial charge in [-0.05, 0) is 41.8 Å². The second kappa shape index (κ2) is 4.82. The van der Waals surface area contributed by atoms with E-state index in [1.165, 1.54) is 0 Å². The highest BCUT2D eigenvalue weighted by atomic mass is 79.9. The molecule has 1 aliphatic rings. The lowest BCUT2D eigenvalue weighted by atomic mass is 10.3. The molecule has 1 heterocycles. The van der Waals surface area contributed by atoms with Gasteiger partial charge in [0, 0.05) is 23.8 Å². The molecular formula is C12H17BrN2O2. The van der Waals surface area contributed by atoms with Gasteiger partial charge in [-0.1, -0.05) is 0 Å². The van der Waals surface area contributed by atoms with E-state index in [9.17, 15) is 4.79 Å². The van der Waals surface area contributed by atoms with Gasteiger partial charge in [0.25, 0.3) is 5.91 Å². The van der Waals surface area contributed by atoms with Crippen molar-refractivity contribution in [1.29, 1.82) is 0 Å². The number of likely N-dealkylation sites (N-methyl/N-ethyl adjacent to an activating group) is 1. The first kappa shape index (κ1) is 12.6. The summed E-state index contributed by atoms with van der Waals surface area (Å²) in [6, 6.07) is 2.16. The zero-order valence-electron chi connectivity index (χ0n) is 10.1. The molecule has 5 heteroatoms. The topological polar surface area (TPSA) is 45.5 Å². The van der Waals surface area contributed by atoms with Crippen LogP contribution < -0.4 is 0 Å². The number of nitrogens with zero attached hydrogens (tertiary/aromatic N) is 2. The van der Waals surface area contributed by atoms with Crippen molar-refractivity contribution in [2.24, 2.45) is 0 Å². The monoisotopic (exact) mass is 300 g/mol. The summed E-state index contributed by atoms with van der Waals surface area (Å²) in [5.74, 6) is -0.0378. The molecule has 1 aromatic rings. The highest BCUT2D eigenvalue weighted by molar-refractivity contribution is 9.10. The molecule has 1 saturated carbocycles. The third-order valence-electron chi connectivity index (χ3n) is 3.22. The third-order valence-corrected chi connectivity index (χ3v) is 3.65. The number of rotatable bonds is 4. The summed E-state index contributed by atoms with van der Waals surface area (Å²) in [6.07, 6.45) is 4.24. The van der Waals surface area contributed by atoms with E-state index in [4.69, 9.17) is 5.11 Å². The summed E-state index contributed by atoms with van der Waals surface area (Å²) in [6.45, 7) is 1.81. The molecule has 94 valence electrons. The Kier molecular flexibility index (Phi) is 3.58. The quantitative estimate of drug-likeness (QED) is 0.925. The van der Waals surface area contributed by atoms with Gasteiger partial charge in [0.2, 0.25) is 0 Å². The van der Waals surface area contributed by atoms with Gasteiger partial charge in [-0.3, -0.25) is 4.79 Å². The van der Waals surface area contributed by atoms with Crippen LogP contribution in [0, 0.1) is 0 Å². The third kappa shape index (κ3) is 2.55. The number of hydrogen-bond acceptors (Lipinski definition) is 2. The van der Waals surface area contributed by atoms with Crippen molar-refractivity contribution in [3.05, 3.63) is 22.4 Å². The number of carbonyl (C=O) groups excluding carboxylic acids is 1. The Morgan fingerprint density at radius 1 is 1.71 bits per heavy atom. The highest BCUT2D eigenvalue weighted by Gasteiger charge is 2.29. The smallest absolute Gasteiger partial charge is 0.270 e. The molecule has 1 aromatic heterocycles. The molecule has 0 bridgehead atoms. The molecule has 1 N–H and O–H groups in total. The van der Waals surface area contributed by atoms with Crippen LogP contribution in [0.25, 0.3) is 0 Å². The minimum atomic E-state index is -0.163. The Balaban J connectivity index is 2.23. The fourth-order valence-corrected chi connectivity index (χ4v) is 2.21. The molecule has 0 saturated heterocycles. The van der Waals surface area contributed by atoms with Gasteiger partial charge in [-0.2, -0.15) is 0 Å². The van der Waals surface area contributed by atoms with Crippen molar-refractivity contribution in [2.75, 3.05) is 13.7 Å². The lowest BCUT2D eigenvalue weighted by molar-refractivity contribution is 0.0671. The highest BCUT2D eigenvalue weighted by Crippen LogP contribution is 2.37. The van der Waals surface area contributed by atoms with Crippen LogP contribution in [0.3, 0.4) is 0 Å². The number of aliphatic hydroxyl groups is 1. The molecule has 0 spiro atoms. The first-order valence-electron chi connectivity index (χ1n) is 5.80. The second-order valence-corrected chi connectivity index (χ2v) is 5.55. The van der Waals surface area contributed by atoms with Gasteiger partial charge in [-0.15, -0.1) is 0 Å². The van der Waals surface area contributed by atoms with Crippen LogP contribution in [0.5, 0.6) is 0 Å². The van der Waals surface area contributed by atoms with Gasteiger partial charge in [0.1, 0.15) is 5.69 Å². The predicted octanol–water partition coefficient (Wildman–Crippen LogP) is 2.04. The number of hydrogen-bond donors (Lipinski definition) is 1. The molecule has 1 unspecified atom stereocenters. The van der Waals surface area contributed by atoms with Crippen LogP contribution >= 0.6 is 15.9 Å². The number of aromatic nitrogens is 1. The maximum atomic E-state index is 12.3. The van der Waals surface area contributed by atoms with E-state index in [-0.39, 0.29) is 18.6 Å². The minimum absolute atomic E-state index is 0.0203. The number of halogens is 1. The Hall–Kier alpha value is -0.810. The molecule has 1 aliphatic carbocycles. The van der Waals surface area contributed by atoms with Gasteiger partial charge < -0.3 is 14.6 Å². The lowest BCUT2D eigenvalue weighted by Gasteiger charge is -2.23. The van der Waals surface area contributed by atoms with E-state index < -0.39 is 0 Å². The summed E-state index contributed by atoms with van der Waals surface area (Å²) in [4.78, 5) is 13.9. The fraction of sp³-hybridized carbons (Fsp3) is 0.583. The lowest BCUT2D eigenvalue weighted by Crippen LogP contribution is -2.38. The second-order valence-electron chi connectivity index (χ2n) is 4.63. The van der Waals surface area contributed by atoms with Crippen LogP contribution in [0.1, 0.15) is 36.3 Å². The van der Waals surface area contributed by atoms with E-state index in [0.717, 1.165) is 17.3 Å². The zero-order valence-corrected chi connectivity index (χ0v) is 11.6. The maximum absolute atomic E-state index is 12.3. The van der Waals surface area contributed by atoms with Gasteiger partial charge >= 0.3 is 0 Å². The van der Waals surface area contributed by atoms with E-state index >= 15 is 0 Å². The van der Waals surface area contributed by atoms with E-state index in [0.29, 0.717) is 11.7 Å². The van der Waals surface area contributed by atoms with E-state index in [1.807, 2.05) is 23.8 Å². The van der Waals surface area contributed by atoms with Crippen molar-refractivity contribution >= 4 is 21.8 Å². The first-order valence-corrected chi connectivity index (χ1v) is 6.59. The molecule has 1 amide bonds. The van der Waals surface area contributed by atoms with Crippen molar-refractivity contribution in [3.8, 4) is 0 Å². The van der Waals surface area contributed by atoms with Gasteiger partial charge in [0.15, 0.2) is 0 Å². The van der Waals surface area contributed by atoms with Crippen LogP contribution in [0.15, 0.2) is 16.7 Å². The average molecular weight is 301 g/mol. The molecule has 4 nitrogen and oxygen atoms in total. The van der Waals surface area contributed by atoms with E-state index in [2.05, 4.69) is 15.9 Å². The Labute approximate surface area is 109 Å². The van der Waals surface area contributed by atoms with Crippen molar-refractivity contribution in [2.45, 2.75) is 31.8 Å². The number of carbonyl (C=O) groups is 1.